The van der Waals surface area contributed by atoms with Crippen molar-refractivity contribution in [2.75, 3.05) is 18.5 Å². The Morgan fingerprint density at radius 2 is 2.24 bits per heavy atom. The van der Waals surface area contributed by atoms with E-state index in [4.69, 9.17) is 16.3 Å². The summed E-state index contributed by atoms with van der Waals surface area (Å²) in [5.74, 6) is -0.148. The van der Waals surface area contributed by atoms with Crippen LogP contribution in [0.2, 0.25) is 4.34 Å². The standard InChI is InChI=1S/C16H16ClN3O3S2/c17-13-4-3-11(24-13)15(22)20-6-5-9-12(8-20)25-16(18-9)19-14(21)10-2-1-7-23-10/h3-4,10H,1-2,5-8H2,(H,18,19,21)/t10-/m0/s1. The van der Waals surface area contributed by atoms with Crippen LogP contribution in [0, 0.1) is 0 Å². The largest absolute Gasteiger partial charge is 0.368 e. The second-order valence-corrected chi connectivity index (χ2v) is 8.76. The van der Waals surface area contributed by atoms with Gasteiger partial charge < -0.3 is 9.64 Å². The molecule has 1 saturated heterocycles. The number of hydrogen-bond donors (Lipinski definition) is 1. The highest BCUT2D eigenvalue weighted by Crippen LogP contribution is 2.31. The number of carbonyl (C=O) groups excluding carboxylic acids is 2. The topological polar surface area (TPSA) is 71.5 Å². The highest BCUT2D eigenvalue weighted by molar-refractivity contribution is 7.18. The fraction of sp³-hybridized carbons (Fsp3) is 0.438. The summed E-state index contributed by atoms with van der Waals surface area (Å²) in [4.78, 5) is 32.7. The maximum absolute atomic E-state index is 12.6. The molecule has 4 heterocycles. The third-order valence-corrected chi connectivity index (χ3v) is 6.47. The predicted molar refractivity (Wildman–Crippen MR) is 97.5 cm³/mol. The zero-order chi connectivity index (χ0) is 17.4. The maximum atomic E-state index is 12.6. The predicted octanol–water partition coefficient (Wildman–Crippen LogP) is 3.17. The summed E-state index contributed by atoms with van der Waals surface area (Å²) in [6.45, 7) is 1.76. The van der Waals surface area contributed by atoms with Crippen molar-refractivity contribution in [3.63, 3.8) is 0 Å². The number of carbonyl (C=O) groups is 2. The average Bonchev–Trinajstić information content (AvgIpc) is 3.33. The number of rotatable bonds is 3. The molecule has 25 heavy (non-hydrogen) atoms. The second kappa shape index (κ2) is 7.03. The number of ether oxygens (including phenoxy) is 1. The lowest BCUT2D eigenvalue weighted by Gasteiger charge is -2.25. The van der Waals surface area contributed by atoms with Gasteiger partial charge in [-0.1, -0.05) is 22.9 Å². The van der Waals surface area contributed by atoms with Crippen LogP contribution in [0.25, 0.3) is 0 Å². The van der Waals surface area contributed by atoms with Gasteiger partial charge in [-0.15, -0.1) is 11.3 Å². The summed E-state index contributed by atoms with van der Waals surface area (Å²) in [6.07, 6.45) is 1.98. The normalized spacial score (nSPS) is 19.7. The molecule has 0 spiro atoms. The molecule has 2 amide bonds. The summed E-state index contributed by atoms with van der Waals surface area (Å²) in [5.41, 5.74) is 0.959. The molecule has 132 valence electrons. The minimum absolute atomic E-state index is 0.0131. The van der Waals surface area contributed by atoms with E-state index >= 15 is 0 Å². The van der Waals surface area contributed by atoms with E-state index in [9.17, 15) is 9.59 Å². The van der Waals surface area contributed by atoms with Crippen LogP contribution in [0.15, 0.2) is 12.1 Å². The SMILES string of the molecule is O=C(Nc1nc2c(s1)CN(C(=O)c1ccc(Cl)s1)CC2)[C@@H]1CCCO1. The number of aromatic nitrogens is 1. The quantitative estimate of drug-likeness (QED) is 0.863. The van der Waals surface area contributed by atoms with E-state index < -0.39 is 0 Å². The van der Waals surface area contributed by atoms with Crippen LogP contribution >= 0.6 is 34.3 Å². The number of halogens is 1. The molecular weight excluding hydrogens is 382 g/mol. The van der Waals surface area contributed by atoms with Crippen molar-refractivity contribution in [2.45, 2.75) is 31.9 Å². The summed E-state index contributed by atoms with van der Waals surface area (Å²) < 4.78 is 6.00. The molecule has 2 aromatic rings. The minimum atomic E-state index is -0.373. The van der Waals surface area contributed by atoms with Crippen LogP contribution in [0.4, 0.5) is 5.13 Å². The highest BCUT2D eigenvalue weighted by atomic mass is 35.5. The maximum Gasteiger partial charge on any atom is 0.264 e. The molecule has 0 bridgehead atoms. The first-order valence-electron chi connectivity index (χ1n) is 8.06. The fourth-order valence-electron chi connectivity index (χ4n) is 2.98. The van der Waals surface area contributed by atoms with E-state index in [-0.39, 0.29) is 17.9 Å². The van der Waals surface area contributed by atoms with E-state index in [1.165, 1.54) is 22.7 Å². The number of nitrogens with zero attached hydrogens (tertiary/aromatic N) is 2. The lowest BCUT2D eigenvalue weighted by atomic mass is 10.2. The van der Waals surface area contributed by atoms with E-state index in [1.807, 2.05) is 0 Å². The molecular formula is C16H16ClN3O3S2. The monoisotopic (exact) mass is 397 g/mol. The van der Waals surface area contributed by atoms with E-state index in [1.54, 1.807) is 17.0 Å². The third kappa shape index (κ3) is 3.57. The van der Waals surface area contributed by atoms with Gasteiger partial charge in [0.2, 0.25) is 0 Å². The van der Waals surface area contributed by atoms with Crippen LogP contribution < -0.4 is 5.32 Å². The summed E-state index contributed by atoms with van der Waals surface area (Å²) in [6, 6.07) is 3.49. The zero-order valence-corrected chi connectivity index (χ0v) is 15.7. The molecule has 0 aliphatic carbocycles. The van der Waals surface area contributed by atoms with Crippen molar-refractivity contribution in [3.8, 4) is 0 Å². The van der Waals surface area contributed by atoms with Crippen LogP contribution in [0.1, 0.15) is 33.1 Å². The van der Waals surface area contributed by atoms with Crippen LogP contribution in [-0.4, -0.2) is 41.0 Å². The first-order valence-corrected chi connectivity index (χ1v) is 10.1. The molecule has 9 heteroatoms. The smallest absolute Gasteiger partial charge is 0.264 e. The molecule has 0 aromatic carbocycles. The second-order valence-electron chi connectivity index (χ2n) is 5.96. The number of nitrogens with one attached hydrogen (secondary N) is 1. The molecule has 4 rings (SSSR count). The number of anilines is 1. The van der Waals surface area contributed by atoms with Gasteiger partial charge in [-0.25, -0.2) is 4.98 Å². The van der Waals surface area contributed by atoms with E-state index in [0.717, 1.165) is 23.4 Å². The Morgan fingerprint density at radius 3 is 2.96 bits per heavy atom. The van der Waals surface area contributed by atoms with Gasteiger partial charge in [0.25, 0.3) is 11.8 Å². The molecule has 2 aliphatic rings. The van der Waals surface area contributed by atoms with Crippen molar-refractivity contribution < 1.29 is 14.3 Å². The van der Waals surface area contributed by atoms with Crippen molar-refractivity contribution in [3.05, 3.63) is 31.9 Å². The van der Waals surface area contributed by atoms with Gasteiger partial charge in [-0.05, 0) is 25.0 Å². The van der Waals surface area contributed by atoms with Crippen molar-refractivity contribution in [1.29, 1.82) is 0 Å². The van der Waals surface area contributed by atoms with E-state index in [0.29, 0.717) is 40.5 Å². The Hall–Kier alpha value is -1.48. The van der Waals surface area contributed by atoms with Crippen molar-refractivity contribution in [1.82, 2.24) is 9.88 Å². The Balaban J connectivity index is 1.44. The van der Waals surface area contributed by atoms with Gasteiger partial charge in [-0.2, -0.15) is 0 Å². The fourth-order valence-corrected chi connectivity index (χ4v) is 5.02. The number of thiazole rings is 1. The molecule has 1 N–H and O–H groups in total. The Labute approximate surface area is 157 Å². The molecule has 1 atom stereocenters. The van der Waals surface area contributed by atoms with Gasteiger partial charge in [0.05, 0.1) is 21.5 Å². The molecule has 0 unspecified atom stereocenters. The van der Waals surface area contributed by atoms with Crippen LogP contribution in [0.5, 0.6) is 0 Å². The number of thiophene rings is 1. The number of fused-ring (bicyclic) bond motifs is 1. The highest BCUT2D eigenvalue weighted by Gasteiger charge is 2.28. The van der Waals surface area contributed by atoms with E-state index in [2.05, 4.69) is 10.3 Å². The first-order chi connectivity index (χ1) is 12.1. The Kier molecular flexibility index (Phi) is 4.77. The Morgan fingerprint density at radius 1 is 1.36 bits per heavy atom. The van der Waals surface area contributed by atoms with Gasteiger partial charge in [0, 0.05) is 24.4 Å². The van der Waals surface area contributed by atoms with Gasteiger partial charge in [-0.3, -0.25) is 14.9 Å². The molecule has 0 saturated carbocycles. The van der Waals surface area contributed by atoms with Gasteiger partial charge >= 0.3 is 0 Å². The number of amides is 2. The third-order valence-electron chi connectivity index (χ3n) is 4.25. The lowest BCUT2D eigenvalue weighted by Crippen LogP contribution is -2.35. The lowest BCUT2D eigenvalue weighted by molar-refractivity contribution is -0.124. The van der Waals surface area contributed by atoms with Crippen LogP contribution in [0.3, 0.4) is 0 Å². The van der Waals surface area contributed by atoms with Gasteiger partial charge in [0.1, 0.15) is 6.10 Å². The zero-order valence-electron chi connectivity index (χ0n) is 13.3. The first kappa shape index (κ1) is 17.0. The average molecular weight is 398 g/mol. The minimum Gasteiger partial charge on any atom is -0.368 e. The molecule has 0 radical (unpaired) electrons. The summed E-state index contributed by atoms with van der Waals surface area (Å²) in [7, 11) is 0. The summed E-state index contributed by atoms with van der Waals surface area (Å²) >= 11 is 8.64. The molecule has 6 nitrogen and oxygen atoms in total. The Bertz CT molecular complexity index is 813. The van der Waals surface area contributed by atoms with Crippen molar-refractivity contribution in [2.24, 2.45) is 0 Å². The van der Waals surface area contributed by atoms with Gasteiger partial charge in [0.15, 0.2) is 5.13 Å². The van der Waals surface area contributed by atoms with Crippen molar-refractivity contribution >= 4 is 51.2 Å². The molecule has 1 fully saturated rings. The summed E-state index contributed by atoms with van der Waals surface area (Å²) in [5, 5.41) is 3.43. The molecule has 2 aromatic heterocycles. The number of hydrogen-bond acceptors (Lipinski definition) is 6. The molecule has 2 aliphatic heterocycles. The van der Waals surface area contributed by atoms with Crippen LogP contribution in [-0.2, 0) is 22.5 Å².